The lowest BCUT2D eigenvalue weighted by atomic mass is 10.1. The Hall–Kier alpha value is -1.68. The van der Waals surface area contributed by atoms with E-state index in [1.54, 1.807) is 0 Å². The molecule has 1 aliphatic rings. The fourth-order valence-electron chi connectivity index (χ4n) is 2.34. The van der Waals surface area contributed by atoms with Crippen LogP contribution in [0.4, 0.5) is 13.2 Å². The van der Waals surface area contributed by atoms with Crippen LogP contribution in [0.1, 0.15) is 32.1 Å². The number of likely N-dealkylation sites (tertiary alicyclic amines) is 1. The van der Waals surface area contributed by atoms with Crippen LogP contribution in [0.25, 0.3) is 0 Å². The molecule has 7 nitrogen and oxygen atoms in total. The number of alkyl halides is 3. The van der Waals surface area contributed by atoms with E-state index in [1.807, 2.05) is 0 Å². The molecular weight excluding hydrogens is 319 g/mol. The first-order valence-corrected chi connectivity index (χ1v) is 7.27. The molecule has 0 unspecified atom stereocenters. The minimum Gasteiger partial charge on any atom is -0.385 e. The number of unbranched alkanes of at least 4 members (excludes halogenated alkanes) is 1. The number of hydrogen-bond acceptors (Lipinski definition) is 6. The molecule has 0 aromatic heterocycles. The van der Waals surface area contributed by atoms with E-state index in [1.165, 1.54) is 0 Å². The fraction of sp³-hybridized carbons (Fsp3) is 0.769. The topological polar surface area (TPSA) is 116 Å². The van der Waals surface area contributed by atoms with Crippen LogP contribution in [-0.2, 0) is 19.1 Å². The quantitative estimate of drug-likeness (QED) is 0.402. The molecule has 1 rings (SSSR count). The Morgan fingerprint density at radius 2 is 1.91 bits per heavy atom. The predicted molar refractivity (Wildman–Crippen MR) is 72.8 cm³/mol. The summed E-state index contributed by atoms with van der Waals surface area (Å²) in [5.74, 6) is -4.51. The van der Waals surface area contributed by atoms with E-state index >= 15 is 0 Å². The van der Waals surface area contributed by atoms with Crippen molar-refractivity contribution in [3.8, 4) is 0 Å². The van der Waals surface area contributed by atoms with E-state index in [2.05, 4.69) is 4.74 Å². The van der Waals surface area contributed by atoms with Gasteiger partial charge in [-0.15, -0.1) is 0 Å². The van der Waals surface area contributed by atoms with E-state index in [0.717, 1.165) is 4.90 Å². The van der Waals surface area contributed by atoms with E-state index in [4.69, 9.17) is 11.5 Å². The molecule has 0 radical (unpaired) electrons. The molecule has 0 aromatic rings. The molecule has 132 valence electrons. The van der Waals surface area contributed by atoms with Crippen LogP contribution in [0.3, 0.4) is 0 Å². The molecule has 4 N–H and O–H groups in total. The Morgan fingerprint density at radius 1 is 1.26 bits per heavy atom. The zero-order chi connectivity index (χ0) is 17.6. The molecule has 1 heterocycles. The molecular formula is C13H20F3N3O4. The third-order valence-corrected chi connectivity index (χ3v) is 3.52. The van der Waals surface area contributed by atoms with Gasteiger partial charge in [0.25, 0.3) is 0 Å². The number of nitrogens with two attached hydrogens (primary N) is 2. The zero-order valence-corrected chi connectivity index (χ0v) is 12.5. The molecule has 1 fully saturated rings. The van der Waals surface area contributed by atoms with Crippen molar-refractivity contribution in [1.29, 1.82) is 0 Å². The van der Waals surface area contributed by atoms with E-state index in [9.17, 15) is 27.6 Å². The van der Waals surface area contributed by atoms with Crippen molar-refractivity contribution < 1.29 is 32.3 Å². The third kappa shape index (κ3) is 5.47. The summed E-state index contributed by atoms with van der Waals surface area (Å²) in [5.41, 5.74) is 11.1. The molecule has 1 saturated heterocycles. The highest BCUT2D eigenvalue weighted by Crippen LogP contribution is 2.22. The van der Waals surface area contributed by atoms with Gasteiger partial charge in [0.05, 0.1) is 6.04 Å². The first-order valence-electron chi connectivity index (χ1n) is 7.27. The SMILES string of the molecule is NCCCC[C@H](N)C(=O)N1CCC[C@H]1C(=O)OC(=O)C(F)(F)F. The number of nitrogens with zero attached hydrogens (tertiary/aromatic N) is 1. The average molecular weight is 339 g/mol. The monoisotopic (exact) mass is 339 g/mol. The second-order valence-electron chi connectivity index (χ2n) is 5.29. The van der Waals surface area contributed by atoms with Gasteiger partial charge in [0.1, 0.15) is 6.04 Å². The number of amides is 1. The molecule has 0 aromatic carbocycles. The van der Waals surface area contributed by atoms with Crippen molar-refractivity contribution in [2.45, 2.75) is 50.4 Å². The lowest BCUT2D eigenvalue weighted by molar-refractivity contribution is -0.203. The van der Waals surface area contributed by atoms with Gasteiger partial charge in [-0.3, -0.25) is 4.79 Å². The highest BCUT2D eigenvalue weighted by molar-refractivity contribution is 5.94. The van der Waals surface area contributed by atoms with Crippen LogP contribution in [0.15, 0.2) is 0 Å². The molecule has 0 aliphatic carbocycles. The summed E-state index contributed by atoms with van der Waals surface area (Å²) in [7, 11) is 0. The lowest BCUT2D eigenvalue weighted by Gasteiger charge is -2.25. The summed E-state index contributed by atoms with van der Waals surface area (Å²) in [6.07, 6.45) is -3.05. The van der Waals surface area contributed by atoms with Crippen LogP contribution in [0, 0.1) is 0 Å². The third-order valence-electron chi connectivity index (χ3n) is 3.52. The van der Waals surface area contributed by atoms with Gasteiger partial charge >= 0.3 is 18.1 Å². The predicted octanol–water partition coefficient (Wildman–Crippen LogP) is 0.0658. The van der Waals surface area contributed by atoms with Gasteiger partial charge in [0.15, 0.2) is 0 Å². The highest BCUT2D eigenvalue weighted by atomic mass is 19.4. The summed E-state index contributed by atoms with van der Waals surface area (Å²) in [5, 5.41) is 0. The molecule has 10 heteroatoms. The van der Waals surface area contributed by atoms with Crippen LogP contribution < -0.4 is 11.5 Å². The Labute approximate surface area is 131 Å². The van der Waals surface area contributed by atoms with E-state index < -0.39 is 36.1 Å². The number of ether oxygens (including phenoxy) is 1. The maximum Gasteiger partial charge on any atom is 0.491 e. The van der Waals surface area contributed by atoms with Crippen LogP contribution in [-0.4, -0.2) is 54.1 Å². The number of halogens is 3. The largest absolute Gasteiger partial charge is 0.491 e. The maximum absolute atomic E-state index is 12.2. The van der Waals surface area contributed by atoms with Crippen LogP contribution >= 0.6 is 0 Å². The smallest absolute Gasteiger partial charge is 0.385 e. The normalized spacial score (nSPS) is 19.5. The van der Waals surface area contributed by atoms with Crippen LogP contribution in [0.5, 0.6) is 0 Å². The summed E-state index contributed by atoms with van der Waals surface area (Å²) in [6, 6.07) is -2.08. The molecule has 1 amide bonds. The molecule has 1 aliphatic heterocycles. The summed E-state index contributed by atoms with van der Waals surface area (Å²) >= 11 is 0. The summed E-state index contributed by atoms with van der Waals surface area (Å²) < 4.78 is 40.2. The van der Waals surface area contributed by atoms with Gasteiger partial charge < -0.3 is 21.1 Å². The number of carbonyl (C=O) groups is 3. The Kier molecular flexibility index (Phi) is 6.95. The first-order chi connectivity index (χ1) is 10.7. The second kappa shape index (κ2) is 8.25. The average Bonchev–Trinajstić information content (AvgIpc) is 2.94. The van der Waals surface area contributed by atoms with Gasteiger partial charge in [-0.2, -0.15) is 13.2 Å². The Bertz CT molecular complexity index is 456. The first kappa shape index (κ1) is 19.4. The molecule has 0 bridgehead atoms. The van der Waals surface area contributed by atoms with Gasteiger partial charge in [0, 0.05) is 6.54 Å². The van der Waals surface area contributed by atoms with Crippen molar-refractivity contribution in [3.63, 3.8) is 0 Å². The number of esters is 2. The maximum atomic E-state index is 12.2. The number of rotatable bonds is 6. The van der Waals surface area contributed by atoms with Gasteiger partial charge in [-0.1, -0.05) is 6.42 Å². The second-order valence-corrected chi connectivity index (χ2v) is 5.29. The van der Waals surface area contributed by atoms with Crippen molar-refractivity contribution in [2.24, 2.45) is 11.5 Å². The minimum atomic E-state index is -5.26. The van der Waals surface area contributed by atoms with Gasteiger partial charge in [-0.05, 0) is 32.2 Å². The van der Waals surface area contributed by atoms with Crippen molar-refractivity contribution >= 4 is 17.8 Å². The summed E-state index contributed by atoms with van der Waals surface area (Å²) in [6.45, 7) is 0.641. The molecule has 2 atom stereocenters. The van der Waals surface area contributed by atoms with Gasteiger partial charge in [0.2, 0.25) is 5.91 Å². The zero-order valence-electron chi connectivity index (χ0n) is 12.5. The van der Waals surface area contributed by atoms with Crippen molar-refractivity contribution in [2.75, 3.05) is 13.1 Å². The number of hydrogen-bond donors (Lipinski definition) is 2. The van der Waals surface area contributed by atoms with Crippen molar-refractivity contribution in [3.05, 3.63) is 0 Å². The fourth-order valence-corrected chi connectivity index (χ4v) is 2.34. The highest BCUT2D eigenvalue weighted by Gasteiger charge is 2.45. The summed E-state index contributed by atoms with van der Waals surface area (Å²) in [4.78, 5) is 35.7. The standard InChI is InChI=1S/C13H20F3N3O4/c14-13(15,16)12(22)23-11(21)9-5-3-7-19(9)10(20)8(18)4-1-2-6-17/h8-9H,1-7,17-18H2/t8-,9-/m0/s1. The Balaban J connectivity index is 2.63. The molecule has 23 heavy (non-hydrogen) atoms. The van der Waals surface area contributed by atoms with Crippen molar-refractivity contribution in [1.82, 2.24) is 4.90 Å². The number of carbonyl (C=O) groups excluding carboxylic acids is 3. The Morgan fingerprint density at radius 3 is 2.48 bits per heavy atom. The van der Waals surface area contributed by atoms with E-state index in [0.29, 0.717) is 32.2 Å². The molecule has 0 spiro atoms. The minimum absolute atomic E-state index is 0.130. The molecule has 0 saturated carbocycles. The van der Waals surface area contributed by atoms with E-state index in [-0.39, 0.29) is 13.0 Å². The lowest BCUT2D eigenvalue weighted by Crippen LogP contribution is -2.49. The van der Waals surface area contributed by atoms with Gasteiger partial charge in [-0.25, -0.2) is 9.59 Å². The van der Waals surface area contributed by atoms with Crippen LogP contribution in [0.2, 0.25) is 0 Å².